The molecule has 1 heterocycles. The van der Waals surface area contributed by atoms with Gasteiger partial charge in [0.15, 0.2) is 0 Å². The average Bonchev–Trinajstić information content (AvgIpc) is 2.75. The molecule has 1 unspecified atom stereocenters. The van der Waals surface area contributed by atoms with Crippen molar-refractivity contribution in [1.82, 2.24) is 5.32 Å². The Morgan fingerprint density at radius 3 is 2.62 bits per heavy atom. The lowest BCUT2D eigenvalue weighted by atomic mass is 9.87. The molecule has 0 aliphatic carbocycles. The number of nitrogens with one attached hydrogen (secondary N) is 1. The minimum atomic E-state index is -0.104. The Kier molecular flexibility index (Phi) is 8.17. The Balaban J connectivity index is 2.40. The van der Waals surface area contributed by atoms with Crippen molar-refractivity contribution in [2.75, 3.05) is 6.54 Å². The van der Waals surface area contributed by atoms with Gasteiger partial charge in [0.05, 0.1) is 11.7 Å². The van der Waals surface area contributed by atoms with Gasteiger partial charge in [-0.15, -0.1) is 6.58 Å². The molecule has 1 aliphatic heterocycles. The average molecular weight is 293 g/mol. The van der Waals surface area contributed by atoms with Crippen LogP contribution in [0.1, 0.15) is 58.8 Å². The zero-order valence-electron chi connectivity index (χ0n) is 13.7. The van der Waals surface area contributed by atoms with E-state index in [4.69, 9.17) is 4.74 Å². The van der Waals surface area contributed by atoms with Crippen molar-refractivity contribution in [2.24, 2.45) is 11.8 Å². The van der Waals surface area contributed by atoms with Crippen LogP contribution in [-0.4, -0.2) is 18.6 Å². The fourth-order valence-electron chi connectivity index (χ4n) is 2.95. The third-order valence-corrected chi connectivity index (χ3v) is 4.32. The van der Waals surface area contributed by atoms with Gasteiger partial charge in [-0.3, -0.25) is 4.79 Å². The minimum absolute atomic E-state index is 0.0107. The highest BCUT2D eigenvalue weighted by molar-refractivity contribution is 5.80. The molecule has 1 fully saturated rings. The van der Waals surface area contributed by atoms with Crippen molar-refractivity contribution in [3.63, 3.8) is 0 Å². The van der Waals surface area contributed by atoms with Gasteiger partial charge in [0, 0.05) is 12.5 Å². The predicted octanol–water partition coefficient (Wildman–Crippen LogP) is 4.20. The lowest BCUT2D eigenvalue weighted by Gasteiger charge is -2.19. The molecule has 1 aliphatic rings. The Hall–Kier alpha value is -1.25. The maximum Gasteiger partial charge on any atom is 0.227 e. The van der Waals surface area contributed by atoms with Crippen LogP contribution in [0.3, 0.4) is 0 Å². The summed E-state index contributed by atoms with van der Waals surface area (Å²) in [6.45, 7) is 12.3. The zero-order chi connectivity index (χ0) is 15.7. The standard InChI is InChI=1S/C18H31NO2/c1-5-7-8-9-10-11-12-16-17(14(3)15(4)21-16)18(20)19-13-6-2/h6,14,16-17H,2,4-5,7-13H2,1,3H3,(H,19,20)/t14-,16+,17?/m0/s1. The molecule has 0 radical (unpaired) electrons. The normalized spacial score (nSPS) is 24.7. The highest BCUT2D eigenvalue weighted by Gasteiger charge is 2.42. The molecule has 3 atom stereocenters. The number of hydrogen-bond acceptors (Lipinski definition) is 2. The van der Waals surface area contributed by atoms with Crippen LogP contribution in [0.25, 0.3) is 0 Å². The van der Waals surface area contributed by atoms with Gasteiger partial charge < -0.3 is 10.1 Å². The van der Waals surface area contributed by atoms with E-state index in [0.29, 0.717) is 6.54 Å². The van der Waals surface area contributed by atoms with E-state index in [1.54, 1.807) is 6.08 Å². The number of rotatable bonds is 10. The quantitative estimate of drug-likeness (QED) is 0.484. The fourth-order valence-corrected chi connectivity index (χ4v) is 2.95. The van der Waals surface area contributed by atoms with Gasteiger partial charge in [-0.2, -0.15) is 0 Å². The summed E-state index contributed by atoms with van der Waals surface area (Å²) in [4.78, 5) is 12.3. The van der Waals surface area contributed by atoms with Gasteiger partial charge in [0.1, 0.15) is 6.10 Å². The fraction of sp³-hybridized carbons (Fsp3) is 0.722. The summed E-state index contributed by atoms with van der Waals surface area (Å²) in [5, 5.41) is 2.90. The number of unbranched alkanes of at least 4 members (excludes halogenated alkanes) is 5. The van der Waals surface area contributed by atoms with Gasteiger partial charge >= 0.3 is 0 Å². The Morgan fingerprint density at radius 1 is 1.29 bits per heavy atom. The summed E-state index contributed by atoms with van der Waals surface area (Å²) in [6.07, 6.45) is 10.2. The molecule has 1 N–H and O–H groups in total. The van der Waals surface area contributed by atoms with E-state index < -0.39 is 0 Å². The second-order valence-electron chi connectivity index (χ2n) is 6.03. The van der Waals surface area contributed by atoms with Crippen molar-refractivity contribution in [3.05, 3.63) is 25.0 Å². The largest absolute Gasteiger partial charge is 0.494 e. The van der Waals surface area contributed by atoms with Crippen LogP contribution in [0, 0.1) is 11.8 Å². The van der Waals surface area contributed by atoms with Crippen LogP contribution in [0.5, 0.6) is 0 Å². The van der Waals surface area contributed by atoms with E-state index >= 15 is 0 Å². The maximum absolute atomic E-state index is 12.3. The lowest BCUT2D eigenvalue weighted by Crippen LogP contribution is -2.37. The molecule has 0 aromatic rings. The number of hydrogen-bond donors (Lipinski definition) is 1. The summed E-state index contributed by atoms with van der Waals surface area (Å²) in [5.41, 5.74) is 0. The summed E-state index contributed by atoms with van der Waals surface area (Å²) in [6, 6.07) is 0. The zero-order valence-corrected chi connectivity index (χ0v) is 13.7. The monoisotopic (exact) mass is 293 g/mol. The van der Waals surface area contributed by atoms with Gasteiger partial charge in [-0.1, -0.05) is 58.6 Å². The maximum atomic E-state index is 12.3. The molecule has 0 aromatic heterocycles. The van der Waals surface area contributed by atoms with Crippen molar-refractivity contribution in [1.29, 1.82) is 0 Å². The van der Waals surface area contributed by atoms with Crippen molar-refractivity contribution in [3.8, 4) is 0 Å². The van der Waals surface area contributed by atoms with Crippen molar-refractivity contribution >= 4 is 5.91 Å². The number of amides is 1. The van der Waals surface area contributed by atoms with Gasteiger partial charge in [0.2, 0.25) is 5.91 Å². The van der Waals surface area contributed by atoms with Crippen molar-refractivity contribution < 1.29 is 9.53 Å². The number of ether oxygens (including phenoxy) is 1. The third kappa shape index (κ3) is 5.56. The molecule has 0 bridgehead atoms. The number of carbonyl (C=O) groups is 1. The Labute approximate surface area is 129 Å². The smallest absolute Gasteiger partial charge is 0.227 e. The molecule has 1 saturated heterocycles. The van der Waals surface area contributed by atoms with Crippen LogP contribution < -0.4 is 5.32 Å². The predicted molar refractivity (Wildman–Crippen MR) is 87.9 cm³/mol. The van der Waals surface area contributed by atoms with E-state index in [-0.39, 0.29) is 23.8 Å². The number of allylic oxidation sites excluding steroid dienone is 1. The first kappa shape index (κ1) is 17.8. The molecule has 1 rings (SSSR count). The van der Waals surface area contributed by atoms with Gasteiger partial charge in [-0.05, 0) is 12.8 Å². The van der Waals surface area contributed by atoms with Crippen LogP contribution in [-0.2, 0) is 9.53 Å². The molecule has 0 saturated carbocycles. The van der Waals surface area contributed by atoms with E-state index in [1.165, 1.54) is 32.1 Å². The van der Waals surface area contributed by atoms with E-state index in [0.717, 1.165) is 18.6 Å². The summed E-state index contributed by atoms with van der Waals surface area (Å²) >= 11 is 0. The molecular formula is C18H31NO2. The second-order valence-corrected chi connectivity index (χ2v) is 6.03. The van der Waals surface area contributed by atoms with Crippen LogP contribution in [0.15, 0.2) is 25.0 Å². The molecule has 0 aromatic carbocycles. The lowest BCUT2D eigenvalue weighted by molar-refractivity contribution is -0.127. The molecule has 3 heteroatoms. The van der Waals surface area contributed by atoms with E-state index in [1.807, 2.05) is 6.92 Å². The number of carbonyl (C=O) groups excluding carboxylic acids is 1. The first-order valence-corrected chi connectivity index (χ1v) is 8.35. The highest BCUT2D eigenvalue weighted by atomic mass is 16.5. The first-order valence-electron chi connectivity index (χ1n) is 8.35. The van der Waals surface area contributed by atoms with Crippen LogP contribution >= 0.6 is 0 Å². The van der Waals surface area contributed by atoms with Gasteiger partial charge in [-0.25, -0.2) is 0 Å². The topological polar surface area (TPSA) is 38.3 Å². The van der Waals surface area contributed by atoms with Crippen LogP contribution in [0.4, 0.5) is 0 Å². The SMILES string of the molecule is C=CCNC(=O)C1[C@@H](CCCCCCCC)OC(=C)[C@@H]1C. The minimum Gasteiger partial charge on any atom is -0.494 e. The molecule has 0 spiro atoms. The first-order chi connectivity index (χ1) is 10.1. The van der Waals surface area contributed by atoms with E-state index in [9.17, 15) is 4.79 Å². The summed E-state index contributed by atoms with van der Waals surface area (Å²) in [5.74, 6) is 0.815. The van der Waals surface area contributed by atoms with E-state index in [2.05, 4.69) is 25.4 Å². The Bertz CT molecular complexity index is 351. The molecule has 21 heavy (non-hydrogen) atoms. The molecule has 3 nitrogen and oxygen atoms in total. The molecule has 120 valence electrons. The molecular weight excluding hydrogens is 262 g/mol. The van der Waals surface area contributed by atoms with Crippen molar-refractivity contribution in [2.45, 2.75) is 64.9 Å². The summed E-state index contributed by atoms with van der Waals surface area (Å²) in [7, 11) is 0. The second kappa shape index (κ2) is 9.64. The third-order valence-electron chi connectivity index (χ3n) is 4.32. The Morgan fingerprint density at radius 2 is 1.95 bits per heavy atom. The van der Waals surface area contributed by atoms with Gasteiger partial charge in [0.25, 0.3) is 0 Å². The summed E-state index contributed by atoms with van der Waals surface area (Å²) < 4.78 is 5.83. The molecule has 1 amide bonds. The highest BCUT2D eigenvalue weighted by Crippen LogP contribution is 2.37. The van der Waals surface area contributed by atoms with Crippen LogP contribution in [0.2, 0.25) is 0 Å².